The highest BCUT2D eigenvalue weighted by Crippen LogP contribution is 2.29. The Bertz CT molecular complexity index is 668. The van der Waals surface area contributed by atoms with Gasteiger partial charge in [0.05, 0.1) is 12.0 Å². The Kier molecular flexibility index (Phi) is 4.76. The van der Waals surface area contributed by atoms with E-state index >= 15 is 0 Å². The number of hydrogen-bond donors (Lipinski definition) is 2. The lowest BCUT2D eigenvalue weighted by Gasteiger charge is -2.17. The Morgan fingerprint density at radius 1 is 1.43 bits per heavy atom. The van der Waals surface area contributed by atoms with Crippen LogP contribution in [0.1, 0.15) is 26.7 Å². The molecule has 0 spiro atoms. The van der Waals surface area contributed by atoms with Crippen molar-refractivity contribution in [2.45, 2.75) is 26.7 Å². The summed E-state index contributed by atoms with van der Waals surface area (Å²) in [7, 11) is 0. The van der Waals surface area contributed by atoms with E-state index < -0.39 is 0 Å². The molecule has 2 aromatic rings. The predicted molar refractivity (Wildman–Crippen MR) is 92.2 cm³/mol. The summed E-state index contributed by atoms with van der Waals surface area (Å²) >= 11 is 0. The predicted octanol–water partition coefficient (Wildman–Crippen LogP) is 3.64. The summed E-state index contributed by atoms with van der Waals surface area (Å²) in [4.78, 5) is 5.35. The van der Waals surface area contributed by atoms with Crippen LogP contribution >= 0.6 is 0 Å². The Balaban J connectivity index is 1.55. The largest absolute Gasteiger partial charge is 0.493 e. The van der Waals surface area contributed by atoms with E-state index in [2.05, 4.69) is 23.7 Å². The number of nitrogens with one attached hydrogen (secondary N) is 1. The maximum absolute atomic E-state index is 14.1. The number of likely N-dealkylation sites (tertiary alicyclic amines) is 1. The van der Waals surface area contributed by atoms with Gasteiger partial charge >= 0.3 is 0 Å². The molecule has 0 unspecified atom stereocenters. The van der Waals surface area contributed by atoms with Gasteiger partial charge in [-0.3, -0.25) is 0 Å². The SMILES string of the molecule is CC(C)CCN1CC[C@H](COc2cc(F)c3c(N)[nH]cc3c2)C1. The minimum Gasteiger partial charge on any atom is -0.493 e. The second kappa shape index (κ2) is 6.79. The zero-order valence-corrected chi connectivity index (χ0v) is 13.9. The second-order valence-electron chi connectivity index (χ2n) is 7.02. The summed E-state index contributed by atoms with van der Waals surface area (Å²) in [6.45, 7) is 8.54. The second-order valence-corrected chi connectivity index (χ2v) is 7.02. The number of aromatic amines is 1. The topological polar surface area (TPSA) is 54.3 Å². The van der Waals surface area contributed by atoms with Gasteiger partial charge in [-0.05, 0) is 37.9 Å². The molecule has 126 valence electrons. The zero-order chi connectivity index (χ0) is 16.4. The first-order valence-electron chi connectivity index (χ1n) is 8.44. The maximum atomic E-state index is 14.1. The van der Waals surface area contributed by atoms with Crippen molar-refractivity contribution < 1.29 is 9.13 Å². The van der Waals surface area contributed by atoms with E-state index in [9.17, 15) is 4.39 Å². The molecule has 1 aliphatic heterocycles. The summed E-state index contributed by atoms with van der Waals surface area (Å²) < 4.78 is 19.9. The zero-order valence-electron chi connectivity index (χ0n) is 13.9. The number of anilines is 1. The van der Waals surface area contributed by atoms with Gasteiger partial charge in [-0.2, -0.15) is 0 Å². The number of nitrogens with zero attached hydrogens (tertiary/aromatic N) is 1. The number of ether oxygens (including phenoxy) is 1. The van der Waals surface area contributed by atoms with Crippen molar-refractivity contribution in [2.24, 2.45) is 11.8 Å². The van der Waals surface area contributed by atoms with E-state index in [0.717, 1.165) is 37.4 Å². The van der Waals surface area contributed by atoms with Gasteiger partial charge in [-0.1, -0.05) is 13.8 Å². The summed E-state index contributed by atoms with van der Waals surface area (Å²) in [5, 5.41) is 1.19. The minimum absolute atomic E-state index is 0.332. The molecule has 1 aromatic heterocycles. The van der Waals surface area contributed by atoms with Crippen molar-refractivity contribution in [3.8, 4) is 5.75 Å². The molecule has 0 saturated carbocycles. The Morgan fingerprint density at radius 2 is 2.26 bits per heavy atom. The number of aromatic nitrogens is 1. The number of nitrogens with two attached hydrogens (primary N) is 1. The number of benzene rings is 1. The fraction of sp³-hybridized carbons (Fsp3) is 0.556. The fourth-order valence-corrected chi connectivity index (χ4v) is 3.22. The average molecular weight is 319 g/mol. The number of H-pyrrole nitrogens is 1. The van der Waals surface area contributed by atoms with E-state index in [1.165, 1.54) is 12.5 Å². The van der Waals surface area contributed by atoms with Gasteiger partial charge in [-0.25, -0.2) is 4.39 Å². The third-order valence-corrected chi connectivity index (χ3v) is 4.63. The molecular formula is C18H26FN3O. The van der Waals surface area contributed by atoms with Crippen LogP contribution in [-0.4, -0.2) is 36.1 Å². The van der Waals surface area contributed by atoms with Crippen LogP contribution in [0.3, 0.4) is 0 Å². The van der Waals surface area contributed by atoms with E-state index in [1.54, 1.807) is 6.20 Å². The van der Waals surface area contributed by atoms with Crippen LogP contribution < -0.4 is 10.5 Å². The van der Waals surface area contributed by atoms with Gasteiger partial charge in [0.15, 0.2) is 0 Å². The highest BCUT2D eigenvalue weighted by atomic mass is 19.1. The summed E-state index contributed by atoms with van der Waals surface area (Å²) in [6, 6.07) is 3.27. The Hall–Kier alpha value is -1.75. The van der Waals surface area contributed by atoms with Crippen LogP contribution in [0.15, 0.2) is 18.3 Å². The Labute approximate surface area is 136 Å². The third-order valence-electron chi connectivity index (χ3n) is 4.63. The minimum atomic E-state index is -0.332. The smallest absolute Gasteiger partial charge is 0.138 e. The first-order chi connectivity index (χ1) is 11.0. The standard InChI is InChI=1S/C18H26FN3O/c1-12(2)3-5-22-6-4-13(10-22)11-23-15-7-14-9-21-18(20)17(14)16(19)8-15/h7-9,12-13,21H,3-6,10-11,20H2,1-2H3/t13-/m0/s1. The number of hydrogen-bond acceptors (Lipinski definition) is 3. The van der Waals surface area contributed by atoms with Crippen LogP contribution in [-0.2, 0) is 0 Å². The van der Waals surface area contributed by atoms with Crippen LogP contribution in [0.4, 0.5) is 10.2 Å². The molecule has 3 N–H and O–H groups in total. The Morgan fingerprint density at radius 3 is 3.04 bits per heavy atom. The average Bonchev–Trinajstić information content (AvgIpc) is 3.10. The lowest BCUT2D eigenvalue weighted by molar-refractivity contribution is 0.237. The van der Waals surface area contributed by atoms with Crippen LogP contribution in [0, 0.1) is 17.7 Å². The molecule has 1 saturated heterocycles. The van der Waals surface area contributed by atoms with Crippen molar-refractivity contribution in [3.63, 3.8) is 0 Å². The number of nitrogen functional groups attached to an aromatic ring is 1. The highest BCUT2D eigenvalue weighted by Gasteiger charge is 2.23. The molecule has 4 nitrogen and oxygen atoms in total. The fourth-order valence-electron chi connectivity index (χ4n) is 3.22. The van der Waals surface area contributed by atoms with Gasteiger partial charge in [0.25, 0.3) is 0 Å². The highest BCUT2D eigenvalue weighted by molar-refractivity contribution is 5.93. The molecule has 0 amide bonds. The number of fused-ring (bicyclic) bond motifs is 1. The van der Waals surface area contributed by atoms with Crippen molar-refractivity contribution >= 4 is 16.6 Å². The van der Waals surface area contributed by atoms with Gasteiger partial charge in [-0.15, -0.1) is 0 Å². The molecular weight excluding hydrogens is 293 g/mol. The van der Waals surface area contributed by atoms with E-state index in [4.69, 9.17) is 10.5 Å². The molecule has 0 bridgehead atoms. The molecule has 1 atom stereocenters. The first kappa shape index (κ1) is 16.1. The van der Waals surface area contributed by atoms with Crippen molar-refractivity contribution in [1.29, 1.82) is 0 Å². The molecule has 1 aliphatic rings. The molecule has 5 heteroatoms. The van der Waals surface area contributed by atoms with Crippen molar-refractivity contribution in [1.82, 2.24) is 9.88 Å². The van der Waals surface area contributed by atoms with Gasteiger partial charge in [0.1, 0.15) is 17.4 Å². The molecule has 2 heterocycles. The lowest BCUT2D eigenvalue weighted by Crippen LogP contribution is -2.24. The van der Waals surface area contributed by atoms with Crippen LogP contribution in [0.5, 0.6) is 5.75 Å². The normalized spacial score (nSPS) is 19.0. The van der Waals surface area contributed by atoms with Gasteiger partial charge in [0, 0.05) is 30.1 Å². The summed E-state index contributed by atoms with van der Waals surface area (Å²) in [6.07, 6.45) is 4.11. The molecule has 1 fully saturated rings. The van der Waals surface area contributed by atoms with Gasteiger partial charge < -0.3 is 20.4 Å². The molecule has 0 radical (unpaired) electrons. The maximum Gasteiger partial charge on any atom is 0.138 e. The van der Waals surface area contributed by atoms with E-state index in [0.29, 0.717) is 29.5 Å². The van der Waals surface area contributed by atoms with Crippen LogP contribution in [0.25, 0.3) is 10.8 Å². The van der Waals surface area contributed by atoms with Crippen LogP contribution in [0.2, 0.25) is 0 Å². The lowest BCUT2D eigenvalue weighted by atomic mass is 10.1. The first-order valence-corrected chi connectivity index (χ1v) is 8.44. The monoisotopic (exact) mass is 319 g/mol. The number of halogens is 1. The molecule has 1 aromatic carbocycles. The summed E-state index contributed by atoms with van der Waals surface area (Å²) in [5.74, 6) is 1.88. The third kappa shape index (κ3) is 3.78. The van der Waals surface area contributed by atoms with E-state index in [-0.39, 0.29) is 5.82 Å². The molecule has 0 aliphatic carbocycles. The van der Waals surface area contributed by atoms with E-state index in [1.807, 2.05) is 6.07 Å². The number of rotatable bonds is 6. The molecule has 23 heavy (non-hydrogen) atoms. The van der Waals surface area contributed by atoms with Crippen molar-refractivity contribution in [3.05, 3.63) is 24.1 Å². The van der Waals surface area contributed by atoms with Gasteiger partial charge in [0.2, 0.25) is 0 Å². The quantitative estimate of drug-likeness (QED) is 0.855. The van der Waals surface area contributed by atoms with Crippen molar-refractivity contribution in [2.75, 3.05) is 32.0 Å². The summed E-state index contributed by atoms with van der Waals surface area (Å²) in [5.41, 5.74) is 5.72. The molecule has 3 rings (SSSR count).